The molecule has 0 radical (unpaired) electrons. The number of nitrogens with two attached hydrogens (primary N) is 1. The zero-order chi connectivity index (χ0) is 11.3. The molecule has 0 heterocycles. The second-order valence-corrected chi connectivity index (χ2v) is 3.57. The largest absolute Gasteiger partial charge is 0.398 e. The van der Waals surface area contributed by atoms with Crippen LogP contribution in [-0.4, -0.2) is 19.0 Å². The van der Waals surface area contributed by atoms with E-state index in [0.29, 0.717) is 17.9 Å². The Morgan fingerprint density at radius 1 is 1.47 bits per heavy atom. The summed E-state index contributed by atoms with van der Waals surface area (Å²) in [5.41, 5.74) is 7.83. The maximum Gasteiger partial charge on any atom is 0.190 e. The van der Waals surface area contributed by atoms with Gasteiger partial charge in [0.05, 0.1) is 0 Å². The SMILES string of the molecule is CCCOCC(=O)c1cc(C)ccc1N. The lowest BCUT2D eigenvalue weighted by Gasteiger charge is -2.06. The monoisotopic (exact) mass is 207 g/mol. The van der Waals surface area contributed by atoms with Crippen molar-refractivity contribution in [2.45, 2.75) is 20.3 Å². The Balaban J connectivity index is 2.68. The van der Waals surface area contributed by atoms with Crippen molar-refractivity contribution >= 4 is 11.5 Å². The summed E-state index contributed by atoms with van der Waals surface area (Å²) in [4.78, 5) is 11.7. The third-order valence-electron chi connectivity index (χ3n) is 2.09. The summed E-state index contributed by atoms with van der Waals surface area (Å²) in [5.74, 6) is -0.0512. The zero-order valence-corrected chi connectivity index (χ0v) is 9.25. The average Bonchev–Trinajstić information content (AvgIpc) is 2.22. The van der Waals surface area contributed by atoms with Crippen molar-refractivity contribution < 1.29 is 9.53 Å². The normalized spacial score (nSPS) is 10.3. The van der Waals surface area contributed by atoms with E-state index in [1.807, 2.05) is 19.9 Å². The molecule has 1 aromatic rings. The Labute approximate surface area is 90.2 Å². The Hall–Kier alpha value is -1.35. The standard InChI is InChI=1S/C12H17NO2/c1-3-6-15-8-12(14)10-7-9(2)4-5-11(10)13/h4-5,7H,3,6,8,13H2,1-2H3. The number of carbonyl (C=O) groups excluding carboxylic acids is 1. The molecular formula is C12H17NO2. The summed E-state index contributed by atoms with van der Waals surface area (Å²) in [7, 11) is 0. The van der Waals surface area contributed by atoms with Gasteiger partial charge in [-0.2, -0.15) is 0 Å². The van der Waals surface area contributed by atoms with Gasteiger partial charge in [0.1, 0.15) is 6.61 Å². The first-order valence-electron chi connectivity index (χ1n) is 5.12. The Kier molecular flexibility index (Phi) is 4.31. The van der Waals surface area contributed by atoms with Crippen LogP contribution in [0, 0.1) is 6.92 Å². The summed E-state index contributed by atoms with van der Waals surface area (Å²) < 4.78 is 5.19. The average molecular weight is 207 g/mol. The number of Topliss-reactive ketones (excluding diaryl/α,β-unsaturated/α-hetero) is 1. The quantitative estimate of drug-likeness (QED) is 0.457. The van der Waals surface area contributed by atoms with Gasteiger partial charge in [-0.3, -0.25) is 4.79 Å². The molecule has 1 rings (SSSR count). The minimum Gasteiger partial charge on any atom is -0.398 e. The molecule has 0 unspecified atom stereocenters. The van der Waals surface area contributed by atoms with Crippen molar-refractivity contribution in [3.63, 3.8) is 0 Å². The number of ether oxygens (including phenoxy) is 1. The number of carbonyl (C=O) groups is 1. The Morgan fingerprint density at radius 3 is 2.87 bits per heavy atom. The summed E-state index contributed by atoms with van der Waals surface area (Å²) in [6.45, 7) is 4.66. The van der Waals surface area contributed by atoms with Crippen LogP contribution in [0.2, 0.25) is 0 Å². The highest BCUT2D eigenvalue weighted by atomic mass is 16.5. The van der Waals surface area contributed by atoms with Gasteiger partial charge in [0, 0.05) is 17.9 Å². The topological polar surface area (TPSA) is 52.3 Å². The van der Waals surface area contributed by atoms with Gasteiger partial charge in [-0.15, -0.1) is 0 Å². The number of hydrogen-bond acceptors (Lipinski definition) is 3. The second kappa shape index (κ2) is 5.51. The number of anilines is 1. The van der Waals surface area contributed by atoms with E-state index < -0.39 is 0 Å². The number of hydrogen-bond donors (Lipinski definition) is 1. The number of ketones is 1. The predicted octanol–water partition coefficient (Wildman–Crippen LogP) is 2.19. The van der Waals surface area contributed by atoms with E-state index in [0.717, 1.165) is 12.0 Å². The molecule has 0 amide bonds. The molecule has 1 aromatic carbocycles. The van der Waals surface area contributed by atoms with Crippen molar-refractivity contribution in [2.24, 2.45) is 0 Å². The third-order valence-corrected chi connectivity index (χ3v) is 2.09. The maximum atomic E-state index is 11.7. The second-order valence-electron chi connectivity index (χ2n) is 3.57. The minimum absolute atomic E-state index is 0.0512. The first-order chi connectivity index (χ1) is 7.15. The van der Waals surface area contributed by atoms with Crippen LogP contribution in [0.1, 0.15) is 29.3 Å². The van der Waals surface area contributed by atoms with Gasteiger partial charge < -0.3 is 10.5 Å². The number of benzene rings is 1. The molecule has 82 valence electrons. The molecule has 0 atom stereocenters. The highest BCUT2D eigenvalue weighted by molar-refractivity contribution is 6.01. The lowest BCUT2D eigenvalue weighted by molar-refractivity contribution is 0.0762. The highest BCUT2D eigenvalue weighted by Crippen LogP contribution is 2.14. The first kappa shape index (κ1) is 11.7. The van der Waals surface area contributed by atoms with Crippen molar-refractivity contribution in [3.05, 3.63) is 29.3 Å². The smallest absolute Gasteiger partial charge is 0.190 e. The van der Waals surface area contributed by atoms with Crippen molar-refractivity contribution in [3.8, 4) is 0 Å². The van der Waals surface area contributed by atoms with Crippen LogP contribution >= 0.6 is 0 Å². The van der Waals surface area contributed by atoms with E-state index in [1.54, 1.807) is 12.1 Å². The number of rotatable bonds is 5. The third kappa shape index (κ3) is 3.36. The minimum atomic E-state index is -0.0512. The van der Waals surface area contributed by atoms with Crippen LogP contribution < -0.4 is 5.73 Å². The highest BCUT2D eigenvalue weighted by Gasteiger charge is 2.09. The fourth-order valence-electron chi connectivity index (χ4n) is 1.30. The molecule has 0 saturated carbocycles. The summed E-state index contributed by atoms with van der Waals surface area (Å²) in [6.07, 6.45) is 0.913. The molecule has 0 aliphatic carbocycles. The lowest BCUT2D eigenvalue weighted by atomic mass is 10.1. The van der Waals surface area contributed by atoms with Crippen LogP contribution in [0.15, 0.2) is 18.2 Å². The van der Waals surface area contributed by atoms with Crippen LogP contribution in [0.25, 0.3) is 0 Å². The van der Waals surface area contributed by atoms with E-state index in [2.05, 4.69) is 0 Å². The molecule has 0 saturated heterocycles. The molecule has 0 fully saturated rings. The van der Waals surface area contributed by atoms with Gasteiger partial charge in [-0.05, 0) is 25.5 Å². The number of nitrogen functional groups attached to an aromatic ring is 1. The maximum absolute atomic E-state index is 11.7. The number of aryl methyl sites for hydroxylation is 1. The van der Waals surface area contributed by atoms with Gasteiger partial charge >= 0.3 is 0 Å². The van der Waals surface area contributed by atoms with Gasteiger partial charge in [0.2, 0.25) is 0 Å². The molecule has 0 bridgehead atoms. The zero-order valence-electron chi connectivity index (χ0n) is 9.25. The molecule has 0 spiro atoms. The summed E-state index contributed by atoms with van der Waals surface area (Å²) in [5, 5.41) is 0. The first-order valence-corrected chi connectivity index (χ1v) is 5.12. The summed E-state index contributed by atoms with van der Waals surface area (Å²) in [6, 6.07) is 5.44. The van der Waals surface area contributed by atoms with Gasteiger partial charge in [-0.1, -0.05) is 18.6 Å². The molecule has 2 N–H and O–H groups in total. The lowest BCUT2D eigenvalue weighted by Crippen LogP contribution is -2.12. The van der Waals surface area contributed by atoms with Gasteiger partial charge in [0.15, 0.2) is 5.78 Å². The van der Waals surface area contributed by atoms with Crippen molar-refractivity contribution in [1.29, 1.82) is 0 Å². The molecule has 0 aliphatic rings. The van der Waals surface area contributed by atoms with Gasteiger partial charge in [0.25, 0.3) is 0 Å². The predicted molar refractivity (Wildman–Crippen MR) is 61.0 cm³/mol. The molecule has 0 aromatic heterocycles. The van der Waals surface area contributed by atoms with Crippen molar-refractivity contribution in [1.82, 2.24) is 0 Å². The van der Waals surface area contributed by atoms with Crippen LogP contribution in [0.3, 0.4) is 0 Å². The van der Waals surface area contributed by atoms with E-state index in [-0.39, 0.29) is 12.4 Å². The van der Waals surface area contributed by atoms with E-state index in [1.165, 1.54) is 0 Å². The van der Waals surface area contributed by atoms with Crippen molar-refractivity contribution in [2.75, 3.05) is 18.9 Å². The molecule has 0 aliphatic heterocycles. The Morgan fingerprint density at radius 2 is 2.20 bits per heavy atom. The van der Waals surface area contributed by atoms with E-state index in [9.17, 15) is 4.79 Å². The van der Waals surface area contributed by atoms with Crippen LogP contribution in [0.4, 0.5) is 5.69 Å². The van der Waals surface area contributed by atoms with E-state index in [4.69, 9.17) is 10.5 Å². The molecular weight excluding hydrogens is 190 g/mol. The Bertz CT molecular complexity index is 347. The molecule has 15 heavy (non-hydrogen) atoms. The van der Waals surface area contributed by atoms with Crippen LogP contribution in [0.5, 0.6) is 0 Å². The van der Waals surface area contributed by atoms with Crippen LogP contribution in [-0.2, 0) is 4.74 Å². The fraction of sp³-hybridized carbons (Fsp3) is 0.417. The fourth-order valence-corrected chi connectivity index (χ4v) is 1.30. The van der Waals surface area contributed by atoms with Gasteiger partial charge in [-0.25, -0.2) is 0 Å². The van der Waals surface area contributed by atoms with E-state index >= 15 is 0 Å². The molecule has 3 nitrogen and oxygen atoms in total. The molecule has 3 heteroatoms. The summed E-state index contributed by atoms with van der Waals surface area (Å²) >= 11 is 0.